The van der Waals surface area contributed by atoms with Crippen LogP contribution in [0.15, 0.2) is 24.3 Å². The zero-order valence-corrected chi connectivity index (χ0v) is 10.6. The molecule has 1 aromatic rings. The summed E-state index contributed by atoms with van der Waals surface area (Å²) in [6.45, 7) is 1.50. The van der Waals surface area contributed by atoms with E-state index in [1.165, 1.54) is 14.0 Å². The number of carbonyl (C=O) groups is 1. The summed E-state index contributed by atoms with van der Waals surface area (Å²) in [5, 5.41) is 9.42. The Morgan fingerprint density at radius 3 is 2.42 bits per heavy atom. The van der Waals surface area contributed by atoms with Crippen LogP contribution in [0.4, 0.5) is 13.2 Å². The first-order chi connectivity index (χ1) is 8.75. The lowest BCUT2D eigenvalue weighted by atomic mass is 9.87. The van der Waals surface area contributed by atoms with Crippen molar-refractivity contribution in [2.75, 3.05) is 7.11 Å². The fourth-order valence-corrected chi connectivity index (χ4v) is 1.88. The van der Waals surface area contributed by atoms with E-state index in [2.05, 4.69) is 0 Å². The van der Waals surface area contributed by atoms with Crippen LogP contribution >= 0.6 is 0 Å². The number of ether oxygens (including phenoxy) is 1. The minimum absolute atomic E-state index is 0.422. The molecule has 0 saturated carbocycles. The second kappa shape index (κ2) is 5.61. The standard InChI is InChI=1S/C13H15F3O3/c1-9(7-12(18,8-17)13(14,15)16)10-5-3-4-6-11(10)19-2/h3-6,8-9,18H,7H2,1-2H3. The number of para-hydroxylation sites is 1. The van der Waals surface area contributed by atoms with Gasteiger partial charge >= 0.3 is 6.18 Å². The van der Waals surface area contributed by atoms with Gasteiger partial charge in [-0.3, -0.25) is 4.79 Å². The molecule has 2 unspecified atom stereocenters. The molecule has 0 bridgehead atoms. The quantitative estimate of drug-likeness (QED) is 0.841. The van der Waals surface area contributed by atoms with Crippen molar-refractivity contribution in [1.29, 1.82) is 0 Å². The predicted molar refractivity (Wildman–Crippen MR) is 63.1 cm³/mol. The molecule has 0 spiro atoms. The summed E-state index contributed by atoms with van der Waals surface area (Å²) in [5.74, 6) is -0.265. The van der Waals surface area contributed by atoms with Gasteiger partial charge in [0, 0.05) is 0 Å². The Balaban J connectivity index is 3.01. The van der Waals surface area contributed by atoms with E-state index in [9.17, 15) is 23.1 Å². The second-order valence-electron chi connectivity index (χ2n) is 4.39. The van der Waals surface area contributed by atoms with E-state index in [1.807, 2.05) is 0 Å². The fourth-order valence-electron chi connectivity index (χ4n) is 1.88. The van der Waals surface area contributed by atoms with Crippen molar-refractivity contribution in [2.45, 2.75) is 31.0 Å². The number of halogens is 3. The maximum Gasteiger partial charge on any atom is 0.424 e. The molecule has 1 N–H and O–H groups in total. The van der Waals surface area contributed by atoms with E-state index in [-0.39, 0.29) is 0 Å². The van der Waals surface area contributed by atoms with Gasteiger partial charge in [0.2, 0.25) is 5.60 Å². The molecule has 19 heavy (non-hydrogen) atoms. The smallest absolute Gasteiger partial charge is 0.424 e. The first kappa shape index (κ1) is 15.5. The van der Waals surface area contributed by atoms with Gasteiger partial charge in [-0.25, -0.2) is 0 Å². The lowest BCUT2D eigenvalue weighted by molar-refractivity contribution is -0.247. The van der Waals surface area contributed by atoms with Gasteiger partial charge in [-0.1, -0.05) is 25.1 Å². The number of aliphatic hydroxyl groups is 1. The maximum absolute atomic E-state index is 12.7. The molecule has 0 saturated heterocycles. The predicted octanol–water partition coefficient (Wildman–Crippen LogP) is 2.68. The number of methoxy groups -OCH3 is 1. The summed E-state index contributed by atoms with van der Waals surface area (Å²) in [4.78, 5) is 10.6. The molecule has 0 aliphatic carbocycles. The third kappa shape index (κ3) is 3.26. The highest BCUT2D eigenvalue weighted by molar-refractivity contribution is 5.64. The Labute approximate surface area is 109 Å². The van der Waals surface area contributed by atoms with Crippen LogP contribution in [0.5, 0.6) is 5.75 Å². The van der Waals surface area contributed by atoms with Gasteiger partial charge in [0.05, 0.1) is 7.11 Å². The minimum Gasteiger partial charge on any atom is -0.496 e. The van der Waals surface area contributed by atoms with Crippen LogP contribution in [0, 0.1) is 0 Å². The second-order valence-corrected chi connectivity index (χ2v) is 4.39. The number of benzene rings is 1. The number of hydrogen-bond acceptors (Lipinski definition) is 3. The van der Waals surface area contributed by atoms with Crippen LogP contribution in [0.2, 0.25) is 0 Å². The highest BCUT2D eigenvalue weighted by Gasteiger charge is 2.54. The van der Waals surface area contributed by atoms with Crippen LogP contribution in [0.1, 0.15) is 24.8 Å². The zero-order chi connectivity index (χ0) is 14.7. The molecule has 3 nitrogen and oxygen atoms in total. The monoisotopic (exact) mass is 276 g/mol. The van der Waals surface area contributed by atoms with E-state index in [4.69, 9.17) is 4.74 Å². The number of alkyl halides is 3. The lowest BCUT2D eigenvalue weighted by Crippen LogP contribution is -2.47. The average molecular weight is 276 g/mol. The molecule has 0 aliphatic heterocycles. The molecule has 6 heteroatoms. The normalized spacial score (nSPS) is 16.5. The van der Waals surface area contributed by atoms with E-state index in [0.717, 1.165) is 0 Å². The largest absolute Gasteiger partial charge is 0.496 e. The third-order valence-corrected chi connectivity index (χ3v) is 2.97. The molecule has 0 radical (unpaired) electrons. The van der Waals surface area contributed by atoms with Crippen molar-refractivity contribution in [1.82, 2.24) is 0 Å². The summed E-state index contributed by atoms with van der Waals surface area (Å²) < 4.78 is 43.0. The minimum atomic E-state index is -5.00. The molecule has 1 aromatic carbocycles. The average Bonchev–Trinajstić information content (AvgIpc) is 2.37. The molecule has 2 atom stereocenters. The summed E-state index contributed by atoms with van der Waals surface area (Å²) >= 11 is 0. The SMILES string of the molecule is COc1ccccc1C(C)CC(O)(C=O)C(F)(F)F. The number of rotatable bonds is 5. The first-order valence-electron chi connectivity index (χ1n) is 5.63. The Morgan fingerprint density at radius 2 is 1.95 bits per heavy atom. The van der Waals surface area contributed by atoms with E-state index in [0.29, 0.717) is 11.3 Å². The molecule has 106 valence electrons. The highest BCUT2D eigenvalue weighted by Crippen LogP contribution is 2.38. The summed E-state index contributed by atoms with van der Waals surface area (Å²) in [6.07, 6.45) is -6.20. The Morgan fingerprint density at radius 1 is 1.37 bits per heavy atom. The van der Waals surface area contributed by atoms with E-state index >= 15 is 0 Å². The molecule has 0 amide bonds. The fraction of sp³-hybridized carbons (Fsp3) is 0.462. The summed E-state index contributed by atoms with van der Waals surface area (Å²) in [7, 11) is 1.40. The summed E-state index contributed by atoms with van der Waals surface area (Å²) in [6, 6.07) is 6.55. The Kier molecular flexibility index (Phi) is 4.57. The van der Waals surface area contributed by atoms with Crippen molar-refractivity contribution >= 4 is 6.29 Å². The Hall–Kier alpha value is -1.56. The van der Waals surface area contributed by atoms with E-state index < -0.39 is 30.4 Å². The van der Waals surface area contributed by atoms with Crippen molar-refractivity contribution in [3.05, 3.63) is 29.8 Å². The number of hydrogen-bond donors (Lipinski definition) is 1. The molecule has 0 aliphatic rings. The van der Waals surface area contributed by atoms with Crippen LogP contribution in [-0.4, -0.2) is 30.3 Å². The summed E-state index contributed by atoms with van der Waals surface area (Å²) in [5.41, 5.74) is -2.83. The van der Waals surface area contributed by atoms with Crippen LogP contribution in [0.25, 0.3) is 0 Å². The molecular weight excluding hydrogens is 261 g/mol. The third-order valence-electron chi connectivity index (χ3n) is 2.97. The molecular formula is C13H15F3O3. The van der Waals surface area contributed by atoms with Gasteiger partial charge in [0.25, 0.3) is 0 Å². The number of carbonyl (C=O) groups excluding carboxylic acids is 1. The van der Waals surface area contributed by atoms with Gasteiger partial charge in [-0.2, -0.15) is 13.2 Å². The zero-order valence-electron chi connectivity index (χ0n) is 10.6. The molecule has 0 aromatic heterocycles. The molecule has 1 rings (SSSR count). The van der Waals surface area contributed by atoms with Gasteiger partial charge < -0.3 is 9.84 Å². The van der Waals surface area contributed by atoms with Gasteiger partial charge in [0.15, 0.2) is 6.29 Å². The van der Waals surface area contributed by atoms with Gasteiger partial charge in [0.1, 0.15) is 5.75 Å². The van der Waals surface area contributed by atoms with Crippen molar-refractivity contribution < 1.29 is 27.8 Å². The van der Waals surface area contributed by atoms with Crippen LogP contribution < -0.4 is 4.74 Å². The first-order valence-corrected chi connectivity index (χ1v) is 5.63. The van der Waals surface area contributed by atoms with Gasteiger partial charge in [-0.15, -0.1) is 0 Å². The van der Waals surface area contributed by atoms with Crippen molar-refractivity contribution in [3.63, 3.8) is 0 Å². The molecule has 0 heterocycles. The van der Waals surface area contributed by atoms with E-state index in [1.54, 1.807) is 24.3 Å². The Bertz CT molecular complexity index is 445. The van der Waals surface area contributed by atoms with Crippen molar-refractivity contribution in [3.8, 4) is 5.75 Å². The van der Waals surface area contributed by atoms with Crippen molar-refractivity contribution in [2.24, 2.45) is 0 Å². The highest BCUT2D eigenvalue weighted by atomic mass is 19.4. The maximum atomic E-state index is 12.7. The topological polar surface area (TPSA) is 46.5 Å². The van der Waals surface area contributed by atoms with Crippen LogP contribution in [0.3, 0.4) is 0 Å². The molecule has 0 fully saturated rings. The lowest BCUT2D eigenvalue weighted by Gasteiger charge is -2.28. The van der Waals surface area contributed by atoms with Gasteiger partial charge in [-0.05, 0) is 24.0 Å². The van der Waals surface area contributed by atoms with Crippen LogP contribution in [-0.2, 0) is 4.79 Å². The number of aldehydes is 1.